The number of nitrogens with two attached hydrogens (primary N) is 1. The average molecular weight is 251 g/mol. The first-order valence-electron chi connectivity index (χ1n) is 5.87. The number of nitrogens with zero attached hydrogens (tertiary/aromatic N) is 4. The van der Waals surface area contributed by atoms with Gasteiger partial charge in [0, 0.05) is 18.7 Å². The summed E-state index contributed by atoms with van der Waals surface area (Å²) >= 11 is 1.52. The highest BCUT2D eigenvalue weighted by atomic mass is 32.2. The highest BCUT2D eigenvalue weighted by Crippen LogP contribution is 2.23. The van der Waals surface area contributed by atoms with Gasteiger partial charge in [0.05, 0.1) is 6.07 Å². The van der Waals surface area contributed by atoms with Gasteiger partial charge in [0.2, 0.25) is 0 Å². The van der Waals surface area contributed by atoms with Crippen LogP contribution in [-0.4, -0.2) is 26.1 Å². The summed E-state index contributed by atoms with van der Waals surface area (Å²) in [4.78, 5) is 0. The molecule has 2 rings (SSSR count). The molecule has 1 atom stereocenters. The van der Waals surface area contributed by atoms with Crippen molar-refractivity contribution < 1.29 is 0 Å². The smallest absolute Gasteiger partial charge is 0.191 e. The van der Waals surface area contributed by atoms with Gasteiger partial charge in [0.25, 0.3) is 0 Å². The Balaban J connectivity index is 2.07. The van der Waals surface area contributed by atoms with Crippen molar-refractivity contribution in [3.8, 4) is 6.07 Å². The minimum atomic E-state index is -0.804. The molecule has 2 heterocycles. The number of aromatic nitrogens is 3. The number of thioether (sulfide) groups is 1. The summed E-state index contributed by atoms with van der Waals surface area (Å²) in [7, 11) is 0. The van der Waals surface area contributed by atoms with Crippen LogP contribution in [0.25, 0.3) is 0 Å². The monoisotopic (exact) mass is 251 g/mol. The molecule has 6 heteroatoms. The fraction of sp³-hybridized carbons (Fsp3) is 0.727. The maximum absolute atomic E-state index is 8.87. The SMILES string of the molecule is CC(N)(C#N)CSc1nnc2n1CCCCC2. The van der Waals surface area contributed by atoms with Gasteiger partial charge in [-0.3, -0.25) is 0 Å². The van der Waals surface area contributed by atoms with E-state index in [-0.39, 0.29) is 0 Å². The average Bonchev–Trinajstić information content (AvgIpc) is 2.55. The van der Waals surface area contributed by atoms with Gasteiger partial charge >= 0.3 is 0 Å². The molecule has 0 fully saturated rings. The molecule has 0 bridgehead atoms. The fourth-order valence-electron chi connectivity index (χ4n) is 1.81. The fourth-order valence-corrected chi connectivity index (χ4v) is 2.76. The Morgan fingerprint density at radius 3 is 3.06 bits per heavy atom. The summed E-state index contributed by atoms with van der Waals surface area (Å²) in [6, 6.07) is 2.10. The molecule has 5 nitrogen and oxygen atoms in total. The summed E-state index contributed by atoms with van der Waals surface area (Å²) in [5.74, 6) is 1.61. The second-order valence-electron chi connectivity index (χ2n) is 4.68. The van der Waals surface area contributed by atoms with E-state index >= 15 is 0 Å². The lowest BCUT2D eigenvalue weighted by Crippen LogP contribution is -2.37. The first-order chi connectivity index (χ1) is 8.12. The molecule has 0 radical (unpaired) electrons. The second kappa shape index (κ2) is 5.07. The van der Waals surface area contributed by atoms with Gasteiger partial charge in [0.1, 0.15) is 11.4 Å². The van der Waals surface area contributed by atoms with Crippen LogP contribution in [0.5, 0.6) is 0 Å². The van der Waals surface area contributed by atoms with Crippen LogP contribution < -0.4 is 5.73 Å². The third-order valence-corrected chi connectivity index (χ3v) is 4.14. The molecule has 1 aliphatic rings. The van der Waals surface area contributed by atoms with E-state index in [0.717, 1.165) is 23.9 Å². The highest BCUT2D eigenvalue weighted by molar-refractivity contribution is 7.99. The van der Waals surface area contributed by atoms with Gasteiger partial charge < -0.3 is 10.3 Å². The zero-order valence-corrected chi connectivity index (χ0v) is 10.8. The molecule has 1 aromatic heterocycles. The van der Waals surface area contributed by atoms with E-state index in [4.69, 9.17) is 11.0 Å². The minimum Gasteiger partial charge on any atom is -0.313 e. The van der Waals surface area contributed by atoms with Gasteiger partial charge in [-0.1, -0.05) is 18.2 Å². The van der Waals surface area contributed by atoms with E-state index in [1.165, 1.54) is 31.0 Å². The van der Waals surface area contributed by atoms with Crippen molar-refractivity contribution in [3.63, 3.8) is 0 Å². The van der Waals surface area contributed by atoms with Crippen LogP contribution >= 0.6 is 11.8 Å². The molecule has 0 amide bonds. The third-order valence-electron chi connectivity index (χ3n) is 2.83. The normalized spacial score (nSPS) is 18.9. The summed E-state index contributed by atoms with van der Waals surface area (Å²) in [5.41, 5.74) is 5.00. The molecule has 0 spiro atoms. The summed E-state index contributed by atoms with van der Waals surface area (Å²) in [6.45, 7) is 2.72. The topological polar surface area (TPSA) is 80.5 Å². The van der Waals surface area contributed by atoms with Gasteiger partial charge in [-0.05, 0) is 19.8 Å². The molecule has 1 aromatic rings. The second-order valence-corrected chi connectivity index (χ2v) is 5.62. The van der Waals surface area contributed by atoms with E-state index in [1.54, 1.807) is 6.92 Å². The molecule has 92 valence electrons. The zero-order valence-electron chi connectivity index (χ0n) is 10.0. The largest absolute Gasteiger partial charge is 0.313 e. The van der Waals surface area contributed by atoms with E-state index in [0.29, 0.717) is 5.75 Å². The summed E-state index contributed by atoms with van der Waals surface area (Å²) in [5, 5.41) is 18.2. The molecule has 0 aromatic carbocycles. The standard InChI is InChI=1S/C11H17N5S/c1-11(13,7-12)8-17-10-15-14-9-5-3-2-4-6-16(9)10/h2-6,8,13H2,1H3. The number of nitriles is 1. The first-order valence-corrected chi connectivity index (χ1v) is 6.86. The Bertz CT molecular complexity index is 432. The molecular formula is C11H17N5S. The van der Waals surface area contributed by atoms with E-state index in [9.17, 15) is 0 Å². The van der Waals surface area contributed by atoms with Gasteiger partial charge in [-0.2, -0.15) is 5.26 Å². The Morgan fingerprint density at radius 2 is 2.29 bits per heavy atom. The van der Waals surface area contributed by atoms with Crippen molar-refractivity contribution in [1.29, 1.82) is 5.26 Å². The van der Waals surface area contributed by atoms with Crippen LogP contribution in [0.15, 0.2) is 5.16 Å². The Hall–Kier alpha value is -1.06. The molecule has 1 aliphatic heterocycles. The predicted octanol–water partition coefficient (Wildman–Crippen LogP) is 1.34. The van der Waals surface area contributed by atoms with Crippen molar-refractivity contribution >= 4 is 11.8 Å². The van der Waals surface area contributed by atoms with Crippen LogP contribution in [0.1, 0.15) is 32.0 Å². The molecule has 17 heavy (non-hydrogen) atoms. The number of fused-ring (bicyclic) bond motifs is 1. The van der Waals surface area contributed by atoms with Gasteiger partial charge in [-0.15, -0.1) is 10.2 Å². The maximum atomic E-state index is 8.87. The van der Waals surface area contributed by atoms with E-state index in [1.807, 2.05) is 0 Å². The van der Waals surface area contributed by atoms with Crippen molar-refractivity contribution in [2.45, 2.75) is 49.8 Å². The van der Waals surface area contributed by atoms with E-state index in [2.05, 4.69) is 20.8 Å². The van der Waals surface area contributed by atoms with Crippen LogP contribution in [-0.2, 0) is 13.0 Å². The molecule has 0 saturated heterocycles. The predicted molar refractivity (Wildman–Crippen MR) is 66.5 cm³/mol. The molecule has 0 aliphatic carbocycles. The van der Waals surface area contributed by atoms with Crippen LogP contribution in [0.4, 0.5) is 0 Å². The highest BCUT2D eigenvalue weighted by Gasteiger charge is 2.21. The lowest BCUT2D eigenvalue weighted by molar-refractivity contribution is 0.589. The van der Waals surface area contributed by atoms with Gasteiger partial charge in [0.15, 0.2) is 5.16 Å². The Kier molecular flexibility index (Phi) is 3.69. The lowest BCUT2D eigenvalue weighted by Gasteiger charge is -2.14. The number of hydrogen-bond acceptors (Lipinski definition) is 5. The Morgan fingerprint density at radius 1 is 1.47 bits per heavy atom. The van der Waals surface area contributed by atoms with Crippen molar-refractivity contribution in [2.75, 3.05) is 5.75 Å². The first kappa shape index (κ1) is 12.4. The minimum absolute atomic E-state index is 0.543. The van der Waals surface area contributed by atoms with E-state index < -0.39 is 5.54 Å². The van der Waals surface area contributed by atoms with Crippen molar-refractivity contribution in [1.82, 2.24) is 14.8 Å². The quantitative estimate of drug-likeness (QED) is 0.820. The molecule has 1 unspecified atom stereocenters. The van der Waals surface area contributed by atoms with Crippen LogP contribution in [0.3, 0.4) is 0 Å². The number of hydrogen-bond donors (Lipinski definition) is 1. The molecule has 2 N–H and O–H groups in total. The Labute approximate surface area is 105 Å². The zero-order chi connectivity index (χ0) is 12.3. The van der Waals surface area contributed by atoms with Gasteiger partial charge in [-0.25, -0.2) is 0 Å². The molecule has 0 saturated carbocycles. The number of aryl methyl sites for hydroxylation is 1. The van der Waals surface area contributed by atoms with Crippen LogP contribution in [0, 0.1) is 11.3 Å². The number of rotatable bonds is 3. The molecular weight excluding hydrogens is 234 g/mol. The van der Waals surface area contributed by atoms with Crippen molar-refractivity contribution in [2.24, 2.45) is 5.73 Å². The van der Waals surface area contributed by atoms with Crippen LogP contribution in [0.2, 0.25) is 0 Å². The lowest BCUT2D eigenvalue weighted by atomic mass is 10.1. The summed E-state index contributed by atoms with van der Waals surface area (Å²) in [6.07, 6.45) is 4.62. The third kappa shape index (κ3) is 2.99. The van der Waals surface area contributed by atoms with Crippen molar-refractivity contribution in [3.05, 3.63) is 5.82 Å². The summed E-state index contributed by atoms with van der Waals surface area (Å²) < 4.78 is 2.17. The maximum Gasteiger partial charge on any atom is 0.191 e.